The number of benzene rings is 1. The summed E-state index contributed by atoms with van der Waals surface area (Å²) in [6.45, 7) is 2.01. The molecule has 1 aromatic heterocycles. The number of aromatic nitrogens is 2. The van der Waals surface area contributed by atoms with Crippen LogP contribution < -0.4 is 16.1 Å². The molecule has 0 radical (unpaired) electrons. The van der Waals surface area contributed by atoms with Gasteiger partial charge in [-0.15, -0.1) is 0 Å². The van der Waals surface area contributed by atoms with Gasteiger partial charge in [0.2, 0.25) is 5.91 Å². The molecule has 8 nitrogen and oxygen atoms in total. The molecule has 142 valence electrons. The maximum atomic E-state index is 12.4. The van der Waals surface area contributed by atoms with Crippen molar-refractivity contribution < 1.29 is 14.3 Å². The van der Waals surface area contributed by atoms with Gasteiger partial charge < -0.3 is 9.64 Å². The van der Waals surface area contributed by atoms with Crippen LogP contribution in [0.5, 0.6) is 0 Å². The average molecular weight is 371 g/mol. The number of esters is 1. The number of amides is 1. The molecule has 1 amide bonds. The summed E-state index contributed by atoms with van der Waals surface area (Å²) in [5.74, 6) is -1.24. The molecular weight excluding hydrogens is 350 g/mol. The molecule has 1 atom stereocenters. The van der Waals surface area contributed by atoms with Crippen molar-refractivity contribution in [3.05, 3.63) is 62.4 Å². The van der Waals surface area contributed by atoms with E-state index < -0.39 is 23.1 Å². The van der Waals surface area contributed by atoms with Crippen LogP contribution in [0.2, 0.25) is 0 Å². The van der Waals surface area contributed by atoms with E-state index >= 15 is 0 Å². The second-order valence-corrected chi connectivity index (χ2v) is 6.72. The average Bonchev–Trinajstić information content (AvgIpc) is 3.04. The molecule has 27 heavy (non-hydrogen) atoms. The van der Waals surface area contributed by atoms with Gasteiger partial charge in [-0.25, -0.2) is 4.79 Å². The van der Waals surface area contributed by atoms with Gasteiger partial charge in [-0.1, -0.05) is 17.7 Å². The third-order valence-corrected chi connectivity index (χ3v) is 4.79. The molecule has 1 aliphatic rings. The zero-order chi connectivity index (χ0) is 19.7. The standard InChI is InChI=1S/C19H21N3O5/c1-12-4-6-14(7-5-12)22-10-13(8-17(22)24)18(25)27-11-15-9-16(23)21(3)19(26)20(15)2/h4-7,9,13H,8,10-11H2,1-3H3. The van der Waals surface area contributed by atoms with Crippen LogP contribution in [0.25, 0.3) is 0 Å². The summed E-state index contributed by atoms with van der Waals surface area (Å²) in [5, 5.41) is 0. The molecule has 0 spiro atoms. The quantitative estimate of drug-likeness (QED) is 0.730. The lowest BCUT2D eigenvalue weighted by atomic mass is 10.1. The highest BCUT2D eigenvalue weighted by Gasteiger charge is 2.36. The Balaban J connectivity index is 1.68. The van der Waals surface area contributed by atoms with Gasteiger partial charge in [0.15, 0.2) is 0 Å². The number of nitrogens with zero attached hydrogens (tertiary/aromatic N) is 3. The minimum absolute atomic E-state index is 0.0716. The Morgan fingerprint density at radius 3 is 2.44 bits per heavy atom. The Labute approximate surface area is 155 Å². The Hall–Kier alpha value is -3.16. The summed E-state index contributed by atoms with van der Waals surface area (Å²) in [5.41, 5.74) is 1.17. The van der Waals surface area contributed by atoms with Gasteiger partial charge in [-0.3, -0.25) is 23.5 Å². The molecular formula is C19H21N3O5. The molecule has 1 fully saturated rings. The largest absolute Gasteiger partial charge is 0.459 e. The monoisotopic (exact) mass is 371 g/mol. The van der Waals surface area contributed by atoms with Crippen molar-refractivity contribution >= 4 is 17.6 Å². The van der Waals surface area contributed by atoms with Crippen molar-refractivity contribution in [3.63, 3.8) is 0 Å². The highest BCUT2D eigenvalue weighted by atomic mass is 16.5. The normalized spacial score (nSPS) is 16.6. The van der Waals surface area contributed by atoms with Crippen LogP contribution >= 0.6 is 0 Å². The summed E-state index contributed by atoms with van der Waals surface area (Å²) in [6, 6.07) is 8.76. The number of anilines is 1. The topological polar surface area (TPSA) is 90.6 Å². The van der Waals surface area contributed by atoms with Crippen LogP contribution in [0.4, 0.5) is 5.69 Å². The fourth-order valence-corrected chi connectivity index (χ4v) is 3.02. The number of hydrogen-bond donors (Lipinski definition) is 0. The van der Waals surface area contributed by atoms with Crippen LogP contribution in [0, 0.1) is 12.8 Å². The minimum atomic E-state index is -0.581. The molecule has 2 heterocycles. The number of carbonyl (C=O) groups is 2. The molecule has 0 bridgehead atoms. The Bertz CT molecular complexity index is 1000. The summed E-state index contributed by atoms with van der Waals surface area (Å²) >= 11 is 0. The number of carbonyl (C=O) groups excluding carboxylic acids is 2. The third-order valence-electron chi connectivity index (χ3n) is 4.79. The van der Waals surface area contributed by atoms with E-state index in [9.17, 15) is 19.2 Å². The first-order valence-corrected chi connectivity index (χ1v) is 8.57. The molecule has 1 saturated heterocycles. The zero-order valence-corrected chi connectivity index (χ0v) is 15.5. The lowest BCUT2D eigenvalue weighted by Gasteiger charge is -2.17. The second-order valence-electron chi connectivity index (χ2n) is 6.72. The first-order chi connectivity index (χ1) is 12.8. The van der Waals surface area contributed by atoms with Crippen LogP contribution in [-0.4, -0.2) is 27.6 Å². The van der Waals surface area contributed by atoms with Gasteiger partial charge in [0.25, 0.3) is 5.56 Å². The van der Waals surface area contributed by atoms with Gasteiger partial charge in [-0.2, -0.15) is 0 Å². The van der Waals surface area contributed by atoms with Crippen molar-refractivity contribution in [2.75, 3.05) is 11.4 Å². The first kappa shape index (κ1) is 18.6. The van der Waals surface area contributed by atoms with E-state index in [2.05, 4.69) is 0 Å². The molecule has 1 unspecified atom stereocenters. The van der Waals surface area contributed by atoms with Gasteiger partial charge in [-0.05, 0) is 19.1 Å². The molecule has 3 rings (SSSR count). The van der Waals surface area contributed by atoms with Crippen LogP contribution in [0.3, 0.4) is 0 Å². The fourth-order valence-electron chi connectivity index (χ4n) is 3.02. The number of hydrogen-bond acceptors (Lipinski definition) is 5. The van der Waals surface area contributed by atoms with Crippen molar-refractivity contribution in [2.45, 2.75) is 20.0 Å². The van der Waals surface area contributed by atoms with Crippen molar-refractivity contribution in [2.24, 2.45) is 20.0 Å². The Morgan fingerprint density at radius 1 is 1.11 bits per heavy atom. The van der Waals surface area contributed by atoms with Gasteiger partial charge in [0.05, 0.1) is 11.6 Å². The molecule has 0 saturated carbocycles. The van der Waals surface area contributed by atoms with E-state index in [-0.39, 0.29) is 25.5 Å². The predicted molar refractivity (Wildman–Crippen MR) is 98.4 cm³/mol. The van der Waals surface area contributed by atoms with Crippen molar-refractivity contribution in [1.82, 2.24) is 9.13 Å². The van der Waals surface area contributed by atoms with Crippen molar-refractivity contribution in [3.8, 4) is 0 Å². The number of rotatable bonds is 4. The van der Waals surface area contributed by atoms with E-state index in [0.29, 0.717) is 5.69 Å². The summed E-state index contributed by atoms with van der Waals surface area (Å²) in [7, 11) is 2.88. The number of ether oxygens (including phenoxy) is 1. The van der Waals surface area contributed by atoms with Crippen molar-refractivity contribution in [1.29, 1.82) is 0 Å². The SMILES string of the molecule is Cc1ccc(N2CC(C(=O)OCc3cc(=O)n(C)c(=O)n3C)CC2=O)cc1. The van der Waals surface area contributed by atoms with E-state index in [0.717, 1.165) is 15.8 Å². The van der Waals surface area contributed by atoms with Crippen LogP contribution in [0.15, 0.2) is 39.9 Å². The predicted octanol–water partition coefficient (Wildman–Crippen LogP) is 0.489. The highest BCUT2D eigenvalue weighted by molar-refractivity contribution is 5.99. The maximum absolute atomic E-state index is 12.4. The summed E-state index contributed by atoms with van der Waals surface area (Å²) in [4.78, 5) is 49.8. The Kier molecular flexibility index (Phi) is 4.98. The highest BCUT2D eigenvalue weighted by Crippen LogP contribution is 2.26. The zero-order valence-electron chi connectivity index (χ0n) is 15.5. The van der Waals surface area contributed by atoms with Crippen LogP contribution in [0.1, 0.15) is 17.7 Å². The van der Waals surface area contributed by atoms with E-state index in [1.165, 1.54) is 24.7 Å². The van der Waals surface area contributed by atoms with E-state index in [1.54, 1.807) is 4.90 Å². The Morgan fingerprint density at radius 2 is 1.78 bits per heavy atom. The lowest BCUT2D eigenvalue weighted by molar-refractivity contribution is -0.149. The minimum Gasteiger partial charge on any atom is -0.459 e. The summed E-state index contributed by atoms with van der Waals surface area (Å²) in [6.07, 6.45) is 0.0716. The fraction of sp³-hybridized carbons (Fsp3) is 0.368. The molecule has 8 heteroatoms. The maximum Gasteiger partial charge on any atom is 0.330 e. The molecule has 2 aromatic rings. The van der Waals surface area contributed by atoms with E-state index in [1.807, 2.05) is 31.2 Å². The van der Waals surface area contributed by atoms with Gasteiger partial charge >= 0.3 is 11.7 Å². The first-order valence-electron chi connectivity index (χ1n) is 8.57. The van der Waals surface area contributed by atoms with Crippen LogP contribution in [-0.2, 0) is 35.0 Å². The van der Waals surface area contributed by atoms with Gasteiger partial charge in [0, 0.05) is 38.8 Å². The van der Waals surface area contributed by atoms with E-state index in [4.69, 9.17) is 4.74 Å². The molecule has 0 aliphatic carbocycles. The smallest absolute Gasteiger partial charge is 0.330 e. The number of aryl methyl sites for hydroxylation is 1. The molecule has 1 aliphatic heterocycles. The lowest BCUT2D eigenvalue weighted by Crippen LogP contribution is -2.38. The molecule has 0 N–H and O–H groups in total. The van der Waals surface area contributed by atoms with Gasteiger partial charge in [0.1, 0.15) is 6.61 Å². The molecule has 1 aromatic carbocycles. The second kappa shape index (κ2) is 7.22. The third kappa shape index (κ3) is 3.69. The summed E-state index contributed by atoms with van der Waals surface area (Å²) < 4.78 is 7.50.